The predicted molar refractivity (Wildman–Crippen MR) is 130 cm³/mol. The van der Waals surface area contributed by atoms with Gasteiger partial charge in [-0.1, -0.05) is 64.0 Å². The average Bonchev–Trinajstić information content (AvgIpc) is 2.97. The molecular weight excluding hydrogens is 408 g/mol. The Morgan fingerprint density at radius 2 is 1.71 bits per heavy atom. The molecule has 1 rings (SSSR count). The van der Waals surface area contributed by atoms with Gasteiger partial charge in [0.2, 0.25) is 0 Å². The summed E-state index contributed by atoms with van der Waals surface area (Å²) in [5.74, 6) is -0.631. The van der Waals surface area contributed by atoms with Crippen LogP contribution >= 0.6 is 0 Å². The zero-order chi connectivity index (χ0) is 23.3. The molecule has 0 radical (unpaired) electrons. The van der Waals surface area contributed by atoms with E-state index >= 15 is 0 Å². The highest BCUT2D eigenvalue weighted by Crippen LogP contribution is 2.32. The van der Waals surface area contributed by atoms with Crippen molar-refractivity contribution in [3.63, 3.8) is 0 Å². The number of carbonyl (C=O) groups excluding carboxylic acids is 1. The fourth-order valence-electron chi connectivity index (χ4n) is 3.97. The van der Waals surface area contributed by atoms with Crippen LogP contribution in [0.25, 0.3) is 0 Å². The van der Waals surface area contributed by atoms with Crippen molar-refractivity contribution in [2.24, 2.45) is 0 Å². The van der Waals surface area contributed by atoms with E-state index in [1.807, 2.05) is 13.8 Å². The molecule has 31 heavy (non-hydrogen) atoms. The Morgan fingerprint density at radius 3 is 2.35 bits per heavy atom. The summed E-state index contributed by atoms with van der Waals surface area (Å²) in [6.45, 7) is 13.0. The number of esters is 1. The first-order valence-electron chi connectivity index (χ1n) is 12.3. The lowest BCUT2D eigenvalue weighted by molar-refractivity contribution is -0.143. The molecule has 0 aromatic carbocycles. The summed E-state index contributed by atoms with van der Waals surface area (Å²) in [7, 11) is -0.191. The van der Waals surface area contributed by atoms with E-state index in [0.29, 0.717) is 6.42 Å². The molecule has 0 spiro atoms. The minimum Gasteiger partial charge on any atom is -0.469 e. The fourth-order valence-corrected chi connectivity index (χ4v) is 5.08. The van der Waals surface area contributed by atoms with Gasteiger partial charge in [-0.05, 0) is 52.8 Å². The Labute approximate surface area is 192 Å². The van der Waals surface area contributed by atoms with Crippen LogP contribution in [0.15, 0.2) is 12.2 Å². The van der Waals surface area contributed by atoms with E-state index in [0.717, 1.165) is 44.9 Å². The highest BCUT2D eigenvalue weighted by Gasteiger charge is 2.39. The molecule has 1 aliphatic rings. The maximum absolute atomic E-state index is 11.2. The average molecular weight is 457 g/mol. The summed E-state index contributed by atoms with van der Waals surface area (Å²) in [5.41, 5.74) is 0. The maximum atomic E-state index is 11.2. The lowest BCUT2D eigenvalue weighted by Crippen LogP contribution is -2.31. The summed E-state index contributed by atoms with van der Waals surface area (Å²) in [4.78, 5) is 11.2. The number of carbonyl (C=O) groups is 1. The lowest BCUT2D eigenvalue weighted by atomic mass is 10.0. The topological polar surface area (TPSA) is 54.0 Å². The number of unbranched alkanes of at least 4 members (excludes halogenated alkanes) is 6. The van der Waals surface area contributed by atoms with Crippen molar-refractivity contribution in [1.29, 1.82) is 0 Å². The van der Waals surface area contributed by atoms with E-state index in [1.165, 1.54) is 26.4 Å². The van der Waals surface area contributed by atoms with Crippen LogP contribution in [-0.2, 0) is 23.4 Å². The molecule has 0 aromatic rings. The van der Waals surface area contributed by atoms with Crippen molar-refractivity contribution in [2.75, 3.05) is 7.11 Å². The smallest absolute Gasteiger partial charge is 0.305 e. The van der Waals surface area contributed by atoms with Crippen molar-refractivity contribution in [2.45, 2.75) is 135 Å². The molecule has 6 heteroatoms. The lowest BCUT2D eigenvalue weighted by Gasteiger charge is -2.25. The zero-order valence-corrected chi connectivity index (χ0v) is 22.2. The first-order valence-corrected chi connectivity index (χ1v) is 15.8. The van der Waals surface area contributed by atoms with E-state index in [4.69, 9.17) is 18.6 Å². The molecule has 1 fully saturated rings. The summed E-state index contributed by atoms with van der Waals surface area (Å²) in [6.07, 6.45) is 16.3. The number of hydrogen-bond donors (Lipinski definition) is 0. The Kier molecular flexibility index (Phi) is 13.2. The highest BCUT2D eigenvalue weighted by molar-refractivity contribution is 6.69. The van der Waals surface area contributed by atoms with E-state index < -0.39 is 14.1 Å². The van der Waals surface area contributed by atoms with Crippen LogP contribution in [0.4, 0.5) is 0 Å². The van der Waals surface area contributed by atoms with Crippen LogP contribution in [0.5, 0.6) is 0 Å². The van der Waals surface area contributed by atoms with Gasteiger partial charge in [-0.3, -0.25) is 4.79 Å². The first-order chi connectivity index (χ1) is 14.6. The monoisotopic (exact) mass is 456 g/mol. The summed E-state index contributed by atoms with van der Waals surface area (Å²) in [5, 5.41) is 0. The van der Waals surface area contributed by atoms with Crippen molar-refractivity contribution in [1.82, 2.24) is 0 Å². The Morgan fingerprint density at radius 1 is 1.03 bits per heavy atom. The SMILES string of the molecule is CCCCCC1OC(C)(C)OC1/C=C/C(CCCCCCCC(=O)OC)O[Si](C)(C)C. The van der Waals surface area contributed by atoms with Crippen molar-refractivity contribution >= 4 is 14.3 Å². The van der Waals surface area contributed by atoms with Gasteiger partial charge < -0.3 is 18.6 Å². The molecule has 1 aliphatic heterocycles. The maximum Gasteiger partial charge on any atom is 0.305 e. The molecule has 3 atom stereocenters. The van der Waals surface area contributed by atoms with Gasteiger partial charge in [0.1, 0.15) is 6.10 Å². The zero-order valence-electron chi connectivity index (χ0n) is 21.2. The van der Waals surface area contributed by atoms with E-state index in [2.05, 4.69) is 38.7 Å². The van der Waals surface area contributed by atoms with Gasteiger partial charge >= 0.3 is 5.97 Å². The molecule has 0 saturated carbocycles. The van der Waals surface area contributed by atoms with Crippen LogP contribution in [0, 0.1) is 0 Å². The molecule has 3 unspecified atom stereocenters. The minimum atomic E-state index is -1.64. The van der Waals surface area contributed by atoms with Crippen molar-refractivity contribution in [3.8, 4) is 0 Å². The van der Waals surface area contributed by atoms with Gasteiger partial charge in [0.15, 0.2) is 14.1 Å². The van der Waals surface area contributed by atoms with Crippen LogP contribution in [0.2, 0.25) is 19.6 Å². The fraction of sp³-hybridized carbons (Fsp3) is 0.880. The Hall–Kier alpha value is -0.693. The Balaban J connectivity index is 2.53. The van der Waals surface area contributed by atoms with Gasteiger partial charge in [0.25, 0.3) is 0 Å². The van der Waals surface area contributed by atoms with Gasteiger partial charge in [-0.25, -0.2) is 0 Å². The van der Waals surface area contributed by atoms with Crippen LogP contribution in [-0.4, -0.2) is 45.5 Å². The van der Waals surface area contributed by atoms with E-state index in [-0.39, 0.29) is 24.3 Å². The molecule has 182 valence electrons. The largest absolute Gasteiger partial charge is 0.469 e. The van der Waals surface area contributed by atoms with Gasteiger partial charge in [0.05, 0.1) is 19.3 Å². The summed E-state index contributed by atoms with van der Waals surface area (Å²) in [6, 6.07) is 0. The van der Waals surface area contributed by atoms with Gasteiger partial charge in [-0.2, -0.15) is 0 Å². The molecule has 0 aliphatic carbocycles. The summed E-state index contributed by atoms with van der Waals surface area (Å²) < 4.78 is 23.5. The normalized spacial score (nSPS) is 22.2. The first kappa shape index (κ1) is 28.3. The van der Waals surface area contributed by atoms with Crippen molar-refractivity contribution < 1.29 is 23.4 Å². The second-order valence-electron chi connectivity index (χ2n) is 10.2. The number of methoxy groups -OCH3 is 1. The second-order valence-corrected chi connectivity index (χ2v) is 14.6. The number of rotatable bonds is 16. The predicted octanol–water partition coefficient (Wildman–Crippen LogP) is 6.77. The van der Waals surface area contributed by atoms with Crippen LogP contribution in [0.3, 0.4) is 0 Å². The molecule has 0 bridgehead atoms. The number of ether oxygens (including phenoxy) is 3. The van der Waals surface area contributed by atoms with Crippen molar-refractivity contribution in [3.05, 3.63) is 12.2 Å². The van der Waals surface area contributed by atoms with Crippen LogP contribution < -0.4 is 0 Å². The molecule has 1 saturated heterocycles. The second kappa shape index (κ2) is 14.5. The van der Waals surface area contributed by atoms with E-state index in [1.54, 1.807) is 0 Å². The third-order valence-electron chi connectivity index (χ3n) is 5.43. The quantitative estimate of drug-likeness (QED) is 0.111. The van der Waals surface area contributed by atoms with E-state index in [9.17, 15) is 4.79 Å². The molecular formula is C25H48O5Si. The van der Waals surface area contributed by atoms with Gasteiger partial charge in [0, 0.05) is 6.42 Å². The summed E-state index contributed by atoms with van der Waals surface area (Å²) >= 11 is 0. The Bertz CT molecular complexity index is 526. The standard InChI is InChI=1S/C25H48O5Si/c1-8-9-13-17-22-23(29-25(2,3)28-22)20-19-21(30-31(5,6)7)16-14-11-10-12-15-18-24(26)27-4/h19-23H,8-18H2,1-7H3/b20-19+. The number of hydrogen-bond acceptors (Lipinski definition) is 5. The molecule has 0 N–H and O–H groups in total. The molecule has 0 amide bonds. The minimum absolute atomic E-state index is 0.00193. The highest BCUT2D eigenvalue weighted by atomic mass is 28.4. The third kappa shape index (κ3) is 13.5. The molecule has 1 heterocycles. The third-order valence-corrected chi connectivity index (χ3v) is 6.44. The van der Waals surface area contributed by atoms with Crippen LogP contribution in [0.1, 0.15) is 91.4 Å². The molecule has 0 aromatic heterocycles. The van der Waals surface area contributed by atoms with Gasteiger partial charge in [-0.15, -0.1) is 0 Å². The molecule has 5 nitrogen and oxygen atoms in total.